The molecule has 8 aromatic carbocycles. The molecule has 7 aliphatic rings. The zero-order valence-electron chi connectivity index (χ0n) is 53.6. The third-order valence-corrected chi connectivity index (χ3v) is 19.6. The molecule has 0 aliphatic heterocycles. The molecule has 8 aromatic rings. The molecule has 3 unspecified atom stereocenters. The van der Waals surface area contributed by atoms with Gasteiger partial charge in [0.05, 0.1) is 6.04 Å². The highest BCUT2D eigenvalue weighted by molar-refractivity contribution is 5.79. The summed E-state index contributed by atoms with van der Waals surface area (Å²) in [5, 5.41) is 0. The molecule has 0 heterocycles. The highest BCUT2D eigenvalue weighted by atomic mass is 15.2. The van der Waals surface area contributed by atoms with Crippen LogP contribution >= 0.6 is 0 Å². The molecule has 0 N–H and O–H groups in total. The first kappa shape index (κ1) is 59.6. The molecule has 460 valence electrons. The van der Waals surface area contributed by atoms with Crippen LogP contribution < -0.4 is 19.6 Å². The number of allylic oxidation sites excluding steroid dienone is 24. The van der Waals surface area contributed by atoms with E-state index < -0.39 is 0 Å². The molecule has 15 rings (SSSR count). The third-order valence-electron chi connectivity index (χ3n) is 19.6. The van der Waals surface area contributed by atoms with Gasteiger partial charge in [-0.25, -0.2) is 0 Å². The van der Waals surface area contributed by atoms with E-state index in [1.54, 1.807) is 0 Å². The topological polar surface area (TPSA) is 13.0 Å². The van der Waals surface area contributed by atoms with E-state index in [4.69, 9.17) is 0 Å². The van der Waals surface area contributed by atoms with E-state index in [2.05, 4.69) is 353 Å². The van der Waals surface area contributed by atoms with Crippen molar-refractivity contribution in [3.8, 4) is 22.3 Å². The van der Waals surface area contributed by atoms with Gasteiger partial charge in [0, 0.05) is 74.4 Å². The standard InChI is InChI=1S/C90H80N4/c1-7-19-67(20-8-1)71-35-51-83(52-36-71)91(79-23-11-3-12-24-79)87-59-43-75(44-60-87)77-47-63-89(64-48-77)93(81-27-15-5-16-28-81)85-55-39-73(40-56-85)69-31-33-70(34-32-69)74-41-57-86(58-42-74)94(82-29-17-6-18-30-82)90-65-49-78(50-66-90)76-45-61-88(62-46-76)92(80-25-13-4-14-26-80)84-53-37-72(38-54-84)68-21-9-2-10-22-68/h1,3-9,11,13,15-23,25,27-41,43-45,47,49-57,59-65,76-77,90H,2,10,12,14,24,26,42,46,48,58,66H2. The Kier molecular flexibility index (Phi) is 17.8. The van der Waals surface area contributed by atoms with Crippen LogP contribution in [0, 0.1) is 5.92 Å². The van der Waals surface area contributed by atoms with E-state index in [0.29, 0.717) is 5.92 Å². The number of anilines is 6. The molecule has 0 saturated carbocycles. The predicted octanol–water partition coefficient (Wildman–Crippen LogP) is 23.9. The normalized spacial score (nSPS) is 19.0. The van der Waals surface area contributed by atoms with Crippen LogP contribution in [0.2, 0.25) is 0 Å². The lowest BCUT2D eigenvalue weighted by Gasteiger charge is -2.37. The summed E-state index contributed by atoms with van der Waals surface area (Å²) in [5.74, 6) is 0.630. The number of benzene rings is 8. The van der Waals surface area contributed by atoms with E-state index in [9.17, 15) is 0 Å². The third kappa shape index (κ3) is 13.2. The molecule has 4 heteroatoms. The van der Waals surface area contributed by atoms with Gasteiger partial charge in [0.25, 0.3) is 0 Å². The first-order valence-corrected chi connectivity index (χ1v) is 34.1. The molecule has 94 heavy (non-hydrogen) atoms. The Balaban J connectivity index is 0.597. The minimum atomic E-state index is 0.231. The maximum Gasteiger partial charge on any atom is 0.0556 e. The number of hydrogen-bond acceptors (Lipinski definition) is 4. The summed E-state index contributed by atoms with van der Waals surface area (Å²) in [6.45, 7) is 0. The van der Waals surface area contributed by atoms with Gasteiger partial charge in [0.2, 0.25) is 0 Å². The van der Waals surface area contributed by atoms with Gasteiger partial charge in [-0.2, -0.15) is 0 Å². The van der Waals surface area contributed by atoms with E-state index in [-0.39, 0.29) is 12.0 Å². The van der Waals surface area contributed by atoms with Crippen LogP contribution in [0.4, 0.5) is 34.1 Å². The van der Waals surface area contributed by atoms with Crippen LogP contribution in [-0.2, 0) is 0 Å². The summed E-state index contributed by atoms with van der Waals surface area (Å²) in [7, 11) is 0. The Hall–Kier alpha value is -10.7. The SMILES string of the molecule is C1=CCCC(N(C2=CCC(C3=CCC(N(C4=CC=C(c5ccc(-c6ccc(N(C7=CCC(c8ccc(N(C9=CC=CCC9)c9ccc(-c%10ccccc%10)cc9)cc8)C=C7)c7ccccc7)cc6)cc5)CC4)c4ccccc4)C=C3)C=C2)c2ccc(C3=CCCC=C3)cc2)=C1. The van der Waals surface area contributed by atoms with Gasteiger partial charge in [-0.3, -0.25) is 0 Å². The van der Waals surface area contributed by atoms with Gasteiger partial charge in [0.1, 0.15) is 0 Å². The molecule has 7 aliphatic carbocycles. The minimum Gasteiger partial charge on any atom is -0.338 e. The highest BCUT2D eigenvalue weighted by Crippen LogP contribution is 2.42. The zero-order chi connectivity index (χ0) is 62.8. The highest BCUT2D eigenvalue weighted by Gasteiger charge is 2.27. The first-order valence-electron chi connectivity index (χ1n) is 34.1. The van der Waals surface area contributed by atoms with Crippen LogP contribution in [0.25, 0.3) is 33.4 Å². The molecular formula is C90H80N4. The van der Waals surface area contributed by atoms with Gasteiger partial charge >= 0.3 is 0 Å². The van der Waals surface area contributed by atoms with Crippen molar-refractivity contribution in [3.63, 3.8) is 0 Å². The van der Waals surface area contributed by atoms with Crippen molar-refractivity contribution < 1.29 is 0 Å². The second kappa shape index (κ2) is 28.0. The van der Waals surface area contributed by atoms with Crippen molar-refractivity contribution in [2.45, 2.75) is 82.6 Å². The Morgan fingerprint density at radius 3 is 1.35 bits per heavy atom. The van der Waals surface area contributed by atoms with Crippen LogP contribution in [0.15, 0.2) is 368 Å². The smallest absolute Gasteiger partial charge is 0.0556 e. The van der Waals surface area contributed by atoms with Crippen molar-refractivity contribution in [1.29, 1.82) is 0 Å². The molecule has 0 radical (unpaired) electrons. The fourth-order valence-corrected chi connectivity index (χ4v) is 14.5. The molecule has 0 aromatic heterocycles. The van der Waals surface area contributed by atoms with Gasteiger partial charge in [-0.15, -0.1) is 0 Å². The number of nitrogens with zero attached hydrogens (tertiary/aromatic N) is 4. The maximum atomic E-state index is 2.58. The Morgan fingerprint density at radius 1 is 0.298 bits per heavy atom. The molecule has 0 amide bonds. The lowest BCUT2D eigenvalue weighted by Crippen LogP contribution is -2.34. The number of para-hydroxylation sites is 2. The summed E-state index contributed by atoms with van der Waals surface area (Å²) in [6, 6.07) is 78.4. The van der Waals surface area contributed by atoms with Crippen LogP contribution in [0.3, 0.4) is 0 Å². The molecule has 0 bridgehead atoms. The van der Waals surface area contributed by atoms with Gasteiger partial charge in [0.15, 0.2) is 0 Å². The van der Waals surface area contributed by atoms with E-state index in [0.717, 1.165) is 82.0 Å². The van der Waals surface area contributed by atoms with Crippen molar-refractivity contribution in [3.05, 3.63) is 385 Å². The molecule has 0 spiro atoms. The van der Waals surface area contributed by atoms with Gasteiger partial charge in [-0.1, -0.05) is 231 Å². The summed E-state index contributed by atoms with van der Waals surface area (Å²) >= 11 is 0. The summed E-state index contributed by atoms with van der Waals surface area (Å²) in [4.78, 5) is 9.88. The fourth-order valence-electron chi connectivity index (χ4n) is 14.5. The molecule has 0 saturated heterocycles. The summed E-state index contributed by atoms with van der Waals surface area (Å²) in [6.07, 6.45) is 58.1. The molecule has 0 fully saturated rings. The summed E-state index contributed by atoms with van der Waals surface area (Å²) < 4.78 is 0. The lowest BCUT2D eigenvalue weighted by atomic mass is 9.86. The first-order chi connectivity index (χ1) is 46.6. The summed E-state index contributed by atoms with van der Waals surface area (Å²) in [5.41, 5.74) is 26.4. The van der Waals surface area contributed by atoms with Crippen molar-refractivity contribution in [1.82, 2.24) is 0 Å². The quantitative estimate of drug-likeness (QED) is 0.0849. The average Bonchev–Trinajstić information content (AvgIpc) is 1.21. The molecule has 4 nitrogen and oxygen atoms in total. The Morgan fingerprint density at radius 2 is 0.809 bits per heavy atom. The number of rotatable bonds is 18. The predicted molar refractivity (Wildman–Crippen MR) is 399 cm³/mol. The van der Waals surface area contributed by atoms with Crippen molar-refractivity contribution >= 4 is 45.3 Å². The Labute approximate surface area is 557 Å². The van der Waals surface area contributed by atoms with Crippen molar-refractivity contribution in [2.24, 2.45) is 5.92 Å². The average molecular weight is 1220 g/mol. The lowest BCUT2D eigenvalue weighted by molar-refractivity contribution is 0.696. The molecule has 3 atom stereocenters. The monoisotopic (exact) mass is 1220 g/mol. The fraction of sp³-hybridized carbons (Fsp3) is 0.156. The maximum absolute atomic E-state index is 2.58. The second-order valence-electron chi connectivity index (χ2n) is 25.5. The second-order valence-corrected chi connectivity index (χ2v) is 25.5. The van der Waals surface area contributed by atoms with E-state index in [1.165, 1.54) is 107 Å². The van der Waals surface area contributed by atoms with Gasteiger partial charge in [-0.05, 0) is 229 Å². The molecular weight excluding hydrogens is 1140 g/mol. The van der Waals surface area contributed by atoms with Crippen molar-refractivity contribution in [2.75, 3.05) is 19.6 Å². The number of hydrogen-bond donors (Lipinski definition) is 0. The van der Waals surface area contributed by atoms with Gasteiger partial charge < -0.3 is 19.6 Å². The van der Waals surface area contributed by atoms with E-state index in [1.807, 2.05) is 0 Å². The van der Waals surface area contributed by atoms with Crippen LogP contribution in [0.1, 0.15) is 93.2 Å². The van der Waals surface area contributed by atoms with Crippen LogP contribution in [0.5, 0.6) is 0 Å². The Bertz CT molecular complexity index is 4460. The van der Waals surface area contributed by atoms with E-state index >= 15 is 0 Å². The largest absolute Gasteiger partial charge is 0.338 e. The van der Waals surface area contributed by atoms with Crippen LogP contribution in [-0.4, -0.2) is 6.04 Å². The zero-order valence-corrected chi connectivity index (χ0v) is 53.6. The minimum absolute atomic E-state index is 0.231.